The van der Waals surface area contributed by atoms with Gasteiger partial charge in [-0.1, -0.05) is 24.3 Å². The minimum atomic E-state index is -2.45. The number of aromatic nitrogens is 2. The lowest BCUT2D eigenvalue weighted by Crippen LogP contribution is -2.06. The van der Waals surface area contributed by atoms with Gasteiger partial charge in [0.25, 0.3) is 6.43 Å². The number of nitrogens with one attached hydrogen (secondary N) is 1. The summed E-state index contributed by atoms with van der Waals surface area (Å²) in [6.07, 6.45) is 0.605. The molecule has 21 heavy (non-hydrogen) atoms. The van der Waals surface area contributed by atoms with Crippen molar-refractivity contribution in [3.8, 4) is 11.4 Å². The third-order valence-electron chi connectivity index (χ3n) is 3.70. The van der Waals surface area contributed by atoms with Gasteiger partial charge in [0.15, 0.2) is 5.82 Å². The lowest BCUT2D eigenvalue weighted by atomic mass is 10.1. The average Bonchev–Trinajstić information content (AvgIpc) is 2.96. The molecule has 110 valence electrons. The number of rotatable bonds is 4. The van der Waals surface area contributed by atoms with Gasteiger partial charge in [-0.3, -0.25) is 0 Å². The van der Waals surface area contributed by atoms with E-state index in [1.807, 2.05) is 6.92 Å². The van der Waals surface area contributed by atoms with Crippen LogP contribution >= 0.6 is 0 Å². The molecule has 3 rings (SSSR count). The van der Waals surface area contributed by atoms with Gasteiger partial charge in [0.1, 0.15) is 5.82 Å². The van der Waals surface area contributed by atoms with Crippen molar-refractivity contribution in [1.29, 1.82) is 0 Å². The van der Waals surface area contributed by atoms with E-state index in [1.54, 1.807) is 12.1 Å². The molecule has 0 bridgehead atoms. The minimum absolute atomic E-state index is 0.0202. The largest absolute Gasteiger partial charge is 0.370 e. The quantitative estimate of drug-likeness (QED) is 0.924. The number of fused-ring (bicyclic) bond motifs is 1. The molecule has 0 amide bonds. The van der Waals surface area contributed by atoms with Crippen LogP contribution in [0.1, 0.15) is 36.6 Å². The number of anilines is 1. The van der Waals surface area contributed by atoms with E-state index in [1.165, 1.54) is 17.7 Å². The van der Waals surface area contributed by atoms with Crippen LogP contribution < -0.4 is 5.32 Å². The van der Waals surface area contributed by atoms with E-state index < -0.39 is 6.43 Å². The number of alkyl halides is 2. The smallest absolute Gasteiger partial charge is 0.263 e. The highest BCUT2D eigenvalue weighted by Gasteiger charge is 2.19. The van der Waals surface area contributed by atoms with Crippen LogP contribution in [0.25, 0.3) is 11.4 Å². The molecule has 0 spiro atoms. The molecule has 1 heterocycles. The summed E-state index contributed by atoms with van der Waals surface area (Å²) in [6.45, 7) is 2.83. The second kappa shape index (κ2) is 5.76. The van der Waals surface area contributed by atoms with E-state index in [0.717, 1.165) is 42.9 Å². The molecule has 1 N–H and O–H groups in total. The predicted molar refractivity (Wildman–Crippen MR) is 78.6 cm³/mol. The van der Waals surface area contributed by atoms with Gasteiger partial charge in [0.2, 0.25) is 0 Å². The molecule has 0 atom stereocenters. The van der Waals surface area contributed by atoms with E-state index in [4.69, 9.17) is 0 Å². The maximum absolute atomic E-state index is 12.6. The number of halogens is 2. The zero-order valence-electron chi connectivity index (χ0n) is 11.9. The Bertz CT molecular complexity index is 639. The van der Waals surface area contributed by atoms with Gasteiger partial charge in [-0.2, -0.15) is 0 Å². The van der Waals surface area contributed by atoms with Crippen LogP contribution in [0.5, 0.6) is 0 Å². The van der Waals surface area contributed by atoms with Gasteiger partial charge in [-0.15, -0.1) is 0 Å². The molecule has 1 aromatic carbocycles. The Morgan fingerprint density at radius 3 is 2.57 bits per heavy atom. The fraction of sp³-hybridized carbons (Fsp3) is 0.375. The maximum Gasteiger partial charge on any atom is 0.263 e. The van der Waals surface area contributed by atoms with E-state index in [9.17, 15) is 8.78 Å². The van der Waals surface area contributed by atoms with Crippen molar-refractivity contribution < 1.29 is 8.78 Å². The molecule has 1 aliphatic carbocycles. The molecule has 1 aliphatic rings. The zero-order chi connectivity index (χ0) is 14.8. The molecule has 5 heteroatoms. The second-order valence-electron chi connectivity index (χ2n) is 5.13. The van der Waals surface area contributed by atoms with Crippen LogP contribution in [0.3, 0.4) is 0 Å². The Balaban J connectivity index is 2.00. The van der Waals surface area contributed by atoms with Crippen LogP contribution in [0.4, 0.5) is 14.6 Å². The summed E-state index contributed by atoms with van der Waals surface area (Å²) in [6, 6.07) is 6.19. The van der Waals surface area contributed by atoms with Crippen LogP contribution in [0.15, 0.2) is 24.3 Å². The first-order chi connectivity index (χ1) is 10.2. The number of hydrogen-bond donors (Lipinski definition) is 1. The van der Waals surface area contributed by atoms with Crippen LogP contribution in [-0.4, -0.2) is 16.5 Å². The minimum Gasteiger partial charge on any atom is -0.370 e. The highest BCUT2D eigenvalue weighted by Crippen LogP contribution is 2.29. The van der Waals surface area contributed by atoms with E-state index in [0.29, 0.717) is 5.82 Å². The molecule has 0 saturated heterocycles. The molecular weight excluding hydrogens is 272 g/mol. The Morgan fingerprint density at radius 2 is 1.90 bits per heavy atom. The van der Waals surface area contributed by atoms with Gasteiger partial charge in [-0.05, 0) is 26.2 Å². The van der Waals surface area contributed by atoms with Crippen LogP contribution in [0.2, 0.25) is 0 Å². The predicted octanol–water partition coefficient (Wildman–Crippen LogP) is 4.00. The summed E-state index contributed by atoms with van der Waals surface area (Å²) in [7, 11) is 0. The summed E-state index contributed by atoms with van der Waals surface area (Å²) in [5.41, 5.74) is 3.07. The molecule has 2 aromatic rings. The van der Waals surface area contributed by atoms with Crippen molar-refractivity contribution in [3.63, 3.8) is 0 Å². The Hall–Kier alpha value is -2.04. The molecule has 0 saturated carbocycles. The van der Waals surface area contributed by atoms with Gasteiger partial charge in [0.05, 0.1) is 0 Å². The second-order valence-corrected chi connectivity index (χ2v) is 5.13. The molecule has 1 aromatic heterocycles. The highest BCUT2D eigenvalue weighted by atomic mass is 19.3. The van der Waals surface area contributed by atoms with Crippen molar-refractivity contribution in [3.05, 3.63) is 41.1 Å². The van der Waals surface area contributed by atoms with Crippen molar-refractivity contribution in [2.45, 2.75) is 32.6 Å². The number of nitrogens with zero attached hydrogens (tertiary/aromatic N) is 2. The third kappa shape index (κ3) is 2.73. The first kappa shape index (κ1) is 13.9. The first-order valence-electron chi connectivity index (χ1n) is 7.21. The van der Waals surface area contributed by atoms with Crippen molar-refractivity contribution in [2.75, 3.05) is 11.9 Å². The first-order valence-corrected chi connectivity index (χ1v) is 7.21. The fourth-order valence-electron chi connectivity index (χ4n) is 2.65. The summed E-state index contributed by atoms with van der Waals surface area (Å²) in [5, 5.41) is 3.28. The molecule has 0 radical (unpaired) electrons. The van der Waals surface area contributed by atoms with Crippen molar-refractivity contribution >= 4 is 5.82 Å². The van der Waals surface area contributed by atoms with Gasteiger partial charge in [0, 0.05) is 28.9 Å². The zero-order valence-corrected chi connectivity index (χ0v) is 11.9. The van der Waals surface area contributed by atoms with E-state index >= 15 is 0 Å². The Labute approximate surface area is 122 Å². The number of benzene rings is 1. The lowest BCUT2D eigenvalue weighted by Gasteiger charge is -2.11. The number of aryl methyl sites for hydroxylation is 1. The molecule has 0 unspecified atom stereocenters. The Kier molecular flexibility index (Phi) is 3.82. The summed E-state index contributed by atoms with van der Waals surface area (Å²) in [5.74, 6) is 1.49. The fourth-order valence-corrected chi connectivity index (χ4v) is 2.65. The monoisotopic (exact) mass is 289 g/mol. The van der Waals surface area contributed by atoms with Gasteiger partial charge >= 0.3 is 0 Å². The average molecular weight is 289 g/mol. The Morgan fingerprint density at radius 1 is 1.14 bits per heavy atom. The van der Waals surface area contributed by atoms with Crippen molar-refractivity contribution in [2.24, 2.45) is 0 Å². The molecule has 0 fully saturated rings. The van der Waals surface area contributed by atoms with Crippen LogP contribution in [0, 0.1) is 0 Å². The van der Waals surface area contributed by atoms with E-state index in [-0.39, 0.29) is 5.56 Å². The van der Waals surface area contributed by atoms with Gasteiger partial charge < -0.3 is 5.32 Å². The summed E-state index contributed by atoms with van der Waals surface area (Å²) >= 11 is 0. The maximum atomic E-state index is 12.6. The SMILES string of the molecule is CCNc1nc(-c2ccc(C(F)F)cc2)nc2c1CCC2. The molecule has 3 nitrogen and oxygen atoms in total. The van der Waals surface area contributed by atoms with Gasteiger partial charge in [-0.25, -0.2) is 18.7 Å². The topological polar surface area (TPSA) is 37.8 Å². The number of hydrogen-bond acceptors (Lipinski definition) is 3. The third-order valence-corrected chi connectivity index (χ3v) is 3.70. The van der Waals surface area contributed by atoms with Crippen molar-refractivity contribution in [1.82, 2.24) is 9.97 Å². The summed E-state index contributed by atoms with van der Waals surface area (Å²) < 4.78 is 25.2. The normalized spacial score (nSPS) is 13.5. The molecule has 0 aliphatic heterocycles. The summed E-state index contributed by atoms with van der Waals surface area (Å²) in [4.78, 5) is 9.17. The highest BCUT2D eigenvalue weighted by molar-refractivity contribution is 5.61. The van der Waals surface area contributed by atoms with E-state index in [2.05, 4.69) is 15.3 Å². The lowest BCUT2D eigenvalue weighted by molar-refractivity contribution is 0.151. The standard InChI is InChI=1S/C16H17F2N3/c1-2-19-16-12-4-3-5-13(12)20-15(21-16)11-8-6-10(7-9-11)14(17)18/h6-9,14H,2-5H2,1H3,(H,19,20,21). The van der Waals surface area contributed by atoms with Crippen LogP contribution in [-0.2, 0) is 12.8 Å². The molecular formula is C16H17F2N3.